The summed E-state index contributed by atoms with van der Waals surface area (Å²) < 4.78 is 11.0. The van der Waals surface area contributed by atoms with Gasteiger partial charge in [0.25, 0.3) is 0 Å². The Morgan fingerprint density at radius 3 is 2.43 bits per heavy atom. The molecule has 0 radical (unpaired) electrons. The van der Waals surface area contributed by atoms with Gasteiger partial charge in [-0.3, -0.25) is 0 Å². The summed E-state index contributed by atoms with van der Waals surface area (Å²) in [5.74, 6) is 0.869. The maximum atomic E-state index is 8.26. The fraction of sp³-hybridized carbons (Fsp3) is 0.308. The van der Waals surface area contributed by atoms with Gasteiger partial charge >= 0.3 is 0 Å². The lowest BCUT2D eigenvalue weighted by Gasteiger charge is -2.11. The van der Waals surface area contributed by atoms with E-state index in [1.807, 2.05) is 0 Å². The molecule has 8 heteroatoms. The van der Waals surface area contributed by atoms with Crippen molar-refractivity contribution in [2.75, 3.05) is 13.2 Å². The Kier molecular flexibility index (Phi) is 8.69. The van der Waals surface area contributed by atoms with Crippen LogP contribution in [-0.4, -0.2) is 24.6 Å². The van der Waals surface area contributed by atoms with Crippen LogP contribution in [0.5, 0.6) is 11.5 Å². The molecule has 116 valence electrons. The molecule has 0 aliphatic carbocycles. The summed E-state index contributed by atoms with van der Waals surface area (Å²) in [4.78, 5) is 0. The first kappa shape index (κ1) is 18.2. The Morgan fingerprint density at radius 2 is 1.86 bits per heavy atom. The minimum absolute atomic E-state index is 0.124. The zero-order chi connectivity index (χ0) is 15.7. The fourth-order valence-electron chi connectivity index (χ4n) is 1.37. The van der Waals surface area contributed by atoms with Crippen molar-refractivity contribution in [1.82, 2.24) is 0 Å². The van der Waals surface area contributed by atoms with Gasteiger partial charge in [0.05, 0.1) is 16.7 Å². The molecule has 21 heavy (non-hydrogen) atoms. The van der Waals surface area contributed by atoms with Gasteiger partial charge in [-0.15, -0.1) is 5.16 Å². The van der Waals surface area contributed by atoms with E-state index in [0.29, 0.717) is 41.0 Å². The molecule has 0 aromatic heterocycles. The molecule has 1 aromatic rings. The molecule has 4 nitrogen and oxygen atoms in total. The van der Waals surface area contributed by atoms with Crippen LogP contribution in [-0.2, 0) is 0 Å². The van der Waals surface area contributed by atoms with E-state index >= 15 is 0 Å². The fourth-order valence-corrected chi connectivity index (χ4v) is 2.07. The molecule has 1 rings (SSSR count). The normalized spacial score (nSPS) is 10.7. The molecule has 0 aliphatic heterocycles. The number of unbranched alkanes of at least 4 members (excludes halogenated alkanes) is 1. The highest BCUT2D eigenvalue weighted by Crippen LogP contribution is 2.37. The van der Waals surface area contributed by atoms with Crippen molar-refractivity contribution in [1.29, 1.82) is 0 Å². The second-order valence-electron chi connectivity index (χ2n) is 3.81. The Balaban J connectivity index is 2.60. The third-order valence-corrected chi connectivity index (χ3v) is 3.14. The van der Waals surface area contributed by atoms with Crippen molar-refractivity contribution < 1.29 is 14.7 Å². The van der Waals surface area contributed by atoms with Crippen molar-refractivity contribution >= 4 is 52.6 Å². The van der Waals surface area contributed by atoms with Crippen LogP contribution in [0, 0.1) is 0 Å². The summed E-state index contributed by atoms with van der Waals surface area (Å²) in [6.45, 7) is 0.603. The van der Waals surface area contributed by atoms with Crippen molar-refractivity contribution in [3.05, 3.63) is 32.7 Å². The van der Waals surface area contributed by atoms with Crippen molar-refractivity contribution in [2.45, 2.75) is 12.8 Å². The van der Waals surface area contributed by atoms with Crippen LogP contribution in [0.3, 0.4) is 0 Å². The van der Waals surface area contributed by atoms with Gasteiger partial charge in [0.15, 0.2) is 5.75 Å². The summed E-state index contributed by atoms with van der Waals surface area (Å²) in [7, 11) is 0. The summed E-state index contributed by atoms with van der Waals surface area (Å²) >= 11 is 23.1. The summed E-state index contributed by atoms with van der Waals surface area (Å²) in [6, 6.07) is 3.18. The van der Waals surface area contributed by atoms with E-state index in [1.165, 1.54) is 12.3 Å². The molecule has 0 spiro atoms. The predicted molar refractivity (Wildman–Crippen MR) is 86.8 cm³/mol. The van der Waals surface area contributed by atoms with Crippen LogP contribution in [0.15, 0.2) is 27.9 Å². The van der Waals surface area contributed by atoms with E-state index in [1.54, 1.807) is 12.1 Å². The lowest BCUT2D eigenvalue weighted by Crippen LogP contribution is -2.00. The van der Waals surface area contributed by atoms with Crippen LogP contribution in [0.2, 0.25) is 10.0 Å². The Bertz CT molecular complexity index is 493. The second-order valence-corrected chi connectivity index (χ2v) is 5.63. The third kappa shape index (κ3) is 7.14. The molecule has 1 aromatic carbocycles. The number of hydrogen-bond donors (Lipinski definition) is 1. The number of oxime groups is 1. The first-order valence-corrected chi connectivity index (χ1v) is 7.47. The zero-order valence-corrected chi connectivity index (χ0v) is 13.9. The van der Waals surface area contributed by atoms with Gasteiger partial charge in [-0.2, -0.15) is 0 Å². The molecule has 0 heterocycles. The lowest BCUT2D eigenvalue weighted by atomic mass is 10.3. The number of nitrogens with zero attached hydrogens (tertiary/aromatic N) is 1. The summed E-state index contributed by atoms with van der Waals surface area (Å²) in [5, 5.41) is 11.8. The Morgan fingerprint density at radius 1 is 1.19 bits per heavy atom. The predicted octanol–water partition coefficient (Wildman–Crippen LogP) is 5.31. The SMILES string of the molecule is ON=CCCCOc1c(Cl)cc(OCC=C(Cl)Cl)cc1Cl. The molecule has 0 amide bonds. The van der Waals surface area contributed by atoms with E-state index in [-0.39, 0.29) is 11.1 Å². The highest BCUT2D eigenvalue weighted by molar-refractivity contribution is 6.55. The third-order valence-electron chi connectivity index (χ3n) is 2.27. The zero-order valence-electron chi connectivity index (χ0n) is 10.9. The molecular weight excluding hydrogens is 360 g/mol. The number of rotatable bonds is 8. The van der Waals surface area contributed by atoms with E-state index < -0.39 is 0 Å². The van der Waals surface area contributed by atoms with Crippen LogP contribution >= 0.6 is 46.4 Å². The molecule has 0 aliphatic rings. The van der Waals surface area contributed by atoms with Crippen LogP contribution in [0.4, 0.5) is 0 Å². The van der Waals surface area contributed by atoms with E-state index in [4.69, 9.17) is 61.1 Å². The van der Waals surface area contributed by atoms with Gasteiger partial charge in [0, 0.05) is 18.3 Å². The van der Waals surface area contributed by atoms with Crippen molar-refractivity contribution in [3.8, 4) is 11.5 Å². The largest absolute Gasteiger partial charge is 0.490 e. The topological polar surface area (TPSA) is 51.1 Å². The van der Waals surface area contributed by atoms with Gasteiger partial charge in [0.2, 0.25) is 0 Å². The molecule has 0 saturated carbocycles. The minimum Gasteiger partial charge on any atom is -0.490 e. The number of benzene rings is 1. The van der Waals surface area contributed by atoms with Crippen molar-refractivity contribution in [2.24, 2.45) is 5.16 Å². The van der Waals surface area contributed by atoms with Gasteiger partial charge in [-0.25, -0.2) is 0 Å². The molecule has 0 fully saturated rings. The second kappa shape index (κ2) is 10.0. The van der Waals surface area contributed by atoms with Crippen LogP contribution < -0.4 is 9.47 Å². The first-order valence-electron chi connectivity index (χ1n) is 5.96. The van der Waals surface area contributed by atoms with Gasteiger partial charge < -0.3 is 14.7 Å². The van der Waals surface area contributed by atoms with E-state index in [0.717, 1.165) is 0 Å². The Labute approximate surface area is 142 Å². The van der Waals surface area contributed by atoms with Gasteiger partial charge in [-0.05, 0) is 18.9 Å². The maximum Gasteiger partial charge on any atom is 0.156 e. The standard InChI is InChI=1S/C13H13Cl4NO3/c14-10-7-9(20-6-3-12(16)17)8-11(15)13(10)21-5-2-1-4-18-19/h3-4,7-8,19H,1-2,5-6H2. The molecule has 0 saturated heterocycles. The number of halogens is 4. The molecule has 1 N–H and O–H groups in total. The van der Waals surface area contributed by atoms with Gasteiger partial charge in [-0.1, -0.05) is 46.4 Å². The smallest absolute Gasteiger partial charge is 0.156 e. The Hall–Kier alpha value is -0.810. The highest BCUT2D eigenvalue weighted by atomic mass is 35.5. The van der Waals surface area contributed by atoms with Crippen LogP contribution in [0.1, 0.15) is 12.8 Å². The number of ether oxygens (including phenoxy) is 2. The summed E-state index contributed by atoms with van der Waals surface area (Å²) in [5.41, 5.74) is 0. The number of hydrogen-bond acceptors (Lipinski definition) is 4. The first-order chi connectivity index (χ1) is 10.0. The average molecular weight is 373 g/mol. The molecular formula is C13H13Cl4NO3. The average Bonchev–Trinajstić information content (AvgIpc) is 2.40. The molecule has 0 atom stereocenters. The lowest BCUT2D eigenvalue weighted by molar-refractivity contribution is 0.307. The highest BCUT2D eigenvalue weighted by Gasteiger charge is 2.10. The van der Waals surface area contributed by atoms with Crippen molar-refractivity contribution in [3.63, 3.8) is 0 Å². The minimum atomic E-state index is 0.124. The van der Waals surface area contributed by atoms with Crippen LogP contribution in [0.25, 0.3) is 0 Å². The maximum absolute atomic E-state index is 8.26. The molecule has 0 bridgehead atoms. The van der Waals surface area contributed by atoms with Gasteiger partial charge in [0.1, 0.15) is 16.8 Å². The van der Waals surface area contributed by atoms with E-state index in [2.05, 4.69) is 5.16 Å². The van der Waals surface area contributed by atoms with E-state index in [9.17, 15) is 0 Å². The molecule has 0 unspecified atom stereocenters. The monoisotopic (exact) mass is 371 g/mol. The quantitative estimate of drug-likeness (QED) is 0.291. The summed E-state index contributed by atoms with van der Waals surface area (Å²) in [6.07, 6.45) is 4.16.